The highest BCUT2D eigenvalue weighted by Gasteiger charge is 2.19. The first-order valence-electron chi connectivity index (χ1n) is 5.94. The summed E-state index contributed by atoms with van der Waals surface area (Å²) in [5.74, 6) is -0.840. The molecule has 0 aromatic rings. The van der Waals surface area contributed by atoms with Crippen LogP contribution in [0.2, 0.25) is 0 Å². The average molecular weight is 301 g/mol. The maximum Gasteiger partial charge on any atom is 0.212 e. The number of hydrogen-bond acceptors (Lipinski definition) is 5. The van der Waals surface area contributed by atoms with Gasteiger partial charge in [-0.15, -0.1) is 0 Å². The van der Waals surface area contributed by atoms with E-state index in [9.17, 15) is 21.9 Å². The molecule has 0 amide bonds. The van der Waals surface area contributed by atoms with E-state index in [1.54, 1.807) is 0 Å². The summed E-state index contributed by atoms with van der Waals surface area (Å²) in [6.45, 7) is 3.78. The van der Waals surface area contributed by atoms with E-state index in [-0.39, 0.29) is 12.5 Å². The number of sulfone groups is 1. The molecule has 0 aliphatic heterocycles. The van der Waals surface area contributed by atoms with Gasteiger partial charge >= 0.3 is 0 Å². The van der Waals surface area contributed by atoms with Crippen molar-refractivity contribution in [2.45, 2.75) is 32.8 Å². The third kappa shape index (κ3) is 8.02. The number of sulfonamides is 1. The Hall–Kier alpha value is -0.180. The minimum Gasteiger partial charge on any atom is -0.391 e. The molecule has 0 radical (unpaired) electrons. The molecule has 0 bridgehead atoms. The van der Waals surface area contributed by atoms with Gasteiger partial charge in [-0.3, -0.25) is 0 Å². The topological polar surface area (TPSA) is 101 Å². The maximum atomic E-state index is 11.5. The maximum absolute atomic E-state index is 11.5. The molecule has 0 spiro atoms. The van der Waals surface area contributed by atoms with E-state index in [2.05, 4.69) is 4.72 Å². The summed E-state index contributed by atoms with van der Waals surface area (Å²) in [4.78, 5) is 0. The van der Waals surface area contributed by atoms with Crippen molar-refractivity contribution in [2.24, 2.45) is 5.92 Å². The Morgan fingerprint density at radius 2 is 1.56 bits per heavy atom. The number of nitrogens with one attached hydrogen (secondary N) is 1. The van der Waals surface area contributed by atoms with E-state index >= 15 is 0 Å². The monoisotopic (exact) mass is 301 g/mol. The van der Waals surface area contributed by atoms with Crippen LogP contribution < -0.4 is 4.72 Å². The van der Waals surface area contributed by atoms with Gasteiger partial charge < -0.3 is 5.11 Å². The number of hydrogen-bond donors (Lipinski definition) is 2. The summed E-state index contributed by atoms with van der Waals surface area (Å²) in [6, 6.07) is 0. The fourth-order valence-corrected chi connectivity index (χ4v) is 4.20. The lowest BCUT2D eigenvalue weighted by atomic mass is 9.97. The molecule has 0 aromatic carbocycles. The molecule has 0 aliphatic rings. The average Bonchev–Trinajstić information content (AvgIpc) is 2.25. The van der Waals surface area contributed by atoms with E-state index in [4.69, 9.17) is 0 Å². The van der Waals surface area contributed by atoms with E-state index in [0.29, 0.717) is 0 Å². The van der Waals surface area contributed by atoms with Crippen molar-refractivity contribution in [3.8, 4) is 0 Å². The normalized spacial score (nSPS) is 14.9. The molecule has 0 saturated heterocycles. The van der Waals surface area contributed by atoms with Gasteiger partial charge in [0.05, 0.1) is 17.6 Å². The van der Waals surface area contributed by atoms with Gasteiger partial charge in [-0.2, -0.15) is 0 Å². The van der Waals surface area contributed by atoms with Crippen molar-refractivity contribution in [1.29, 1.82) is 0 Å². The molecular weight excluding hydrogens is 278 g/mol. The predicted molar refractivity (Wildman–Crippen MR) is 71.6 cm³/mol. The van der Waals surface area contributed by atoms with Gasteiger partial charge in [-0.25, -0.2) is 21.6 Å². The lowest BCUT2D eigenvalue weighted by Gasteiger charge is -2.20. The number of rotatable bonds is 9. The highest BCUT2D eigenvalue weighted by Crippen LogP contribution is 2.12. The first-order valence-corrected chi connectivity index (χ1v) is 9.65. The Balaban J connectivity index is 4.27. The van der Waals surface area contributed by atoms with Crippen molar-refractivity contribution in [1.82, 2.24) is 4.72 Å². The van der Waals surface area contributed by atoms with Crippen LogP contribution in [0.4, 0.5) is 0 Å². The predicted octanol–water partition coefficient (Wildman–Crippen LogP) is -0.252. The molecule has 110 valence electrons. The Bertz CT molecular complexity index is 425. The molecule has 0 rings (SSSR count). The van der Waals surface area contributed by atoms with Gasteiger partial charge in [0, 0.05) is 12.8 Å². The summed E-state index contributed by atoms with van der Waals surface area (Å²) >= 11 is 0. The van der Waals surface area contributed by atoms with Gasteiger partial charge in [0.2, 0.25) is 10.0 Å². The Labute approximate surface area is 110 Å². The molecule has 8 heteroatoms. The van der Waals surface area contributed by atoms with Crippen LogP contribution in [-0.2, 0) is 19.9 Å². The fourth-order valence-electron chi connectivity index (χ4n) is 1.55. The zero-order valence-corrected chi connectivity index (χ0v) is 12.7. The molecule has 0 saturated carbocycles. The van der Waals surface area contributed by atoms with Gasteiger partial charge in [0.25, 0.3) is 0 Å². The second-order valence-electron chi connectivity index (χ2n) is 4.44. The molecule has 2 N–H and O–H groups in total. The van der Waals surface area contributed by atoms with E-state index in [1.165, 1.54) is 0 Å². The zero-order chi connectivity index (χ0) is 14.4. The van der Waals surface area contributed by atoms with E-state index in [0.717, 1.165) is 19.1 Å². The van der Waals surface area contributed by atoms with Gasteiger partial charge in [-0.1, -0.05) is 26.7 Å². The fraction of sp³-hybridized carbons (Fsp3) is 1.00. The molecule has 1 atom stereocenters. The van der Waals surface area contributed by atoms with Crippen molar-refractivity contribution in [2.75, 3.05) is 24.3 Å². The number of aliphatic hydroxyl groups excluding tert-OH is 1. The Morgan fingerprint density at radius 1 is 1.06 bits per heavy atom. The van der Waals surface area contributed by atoms with Crippen LogP contribution in [0.3, 0.4) is 0 Å². The molecule has 0 aliphatic carbocycles. The third-order valence-corrected chi connectivity index (χ3v) is 5.38. The van der Waals surface area contributed by atoms with Crippen LogP contribution in [-0.4, -0.2) is 52.4 Å². The quantitative estimate of drug-likeness (QED) is 0.611. The van der Waals surface area contributed by atoms with Crippen LogP contribution in [0.5, 0.6) is 0 Å². The van der Waals surface area contributed by atoms with Crippen molar-refractivity contribution >= 4 is 19.9 Å². The molecule has 0 fully saturated rings. The van der Waals surface area contributed by atoms with Crippen LogP contribution in [0.15, 0.2) is 0 Å². The largest absolute Gasteiger partial charge is 0.391 e. The van der Waals surface area contributed by atoms with Crippen LogP contribution >= 0.6 is 0 Å². The summed E-state index contributed by atoms with van der Waals surface area (Å²) in [5, 5.41) is 9.76. The Morgan fingerprint density at radius 3 is 1.94 bits per heavy atom. The molecule has 18 heavy (non-hydrogen) atoms. The minimum atomic E-state index is -3.65. The third-order valence-electron chi connectivity index (χ3n) is 2.83. The summed E-state index contributed by atoms with van der Waals surface area (Å²) in [6.07, 6.45) is 1.78. The molecular formula is C10H23NO5S2. The van der Waals surface area contributed by atoms with Gasteiger partial charge in [0.1, 0.15) is 9.84 Å². The minimum absolute atomic E-state index is 0.0441. The first kappa shape index (κ1) is 17.8. The molecule has 6 nitrogen and oxygen atoms in total. The Kier molecular flexibility index (Phi) is 7.34. The van der Waals surface area contributed by atoms with E-state index < -0.39 is 37.5 Å². The standard InChI is InChI=1S/C10H23NO5S2/c1-4-9(5-2)10(12)8-11-18(15,16)7-6-17(3,13)14/h9-12H,4-8H2,1-3H3. The highest BCUT2D eigenvalue weighted by molar-refractivity contribution is 7.93. The second-order valence-corrected chi connectivity index (χ2v) is 8.63. The lowest BCUT2D eigenvalue weighted by Crippen LogP contribution is -2.38. The highest BCUT2D eigenvalue weighted by atomic mass is 32.2. The number of aliphatic hydroxyl groups is 1. The van der Waals surface area contributed by atoms with E-state index in [1.807, 2.05) is 13.8 Å². The smallest absolute Gasteiger partial charge is 0.212 e. The molecule has 1 unspecified atom stereocenters. The summed E-state index contributed by atoms with van der Waals surface area (Å²) in [5.41, 5.74) is 0. The SMILES string of the molecule is CCC(CC)C(O)CNS(=O)(=O)CCS(C)(=O)=O. The van der Waals surface area contributed by atoms with Crippen molar-refractivity contribution < 1.29 is 21.9 Å². The lowest BCUT2D eigenvalue weighted by molar-refractivity contribution is 0.107. The van der Waals surface area contributed by atoms with Crippen LogP contribution in [0.1, 0.15) is 26.7 Å². The zero-order valence-electron chi connectivity index (χ0n) is 11.1. The second kappa shape index (κ2) is 7.42. The van der Waals surface area contributed by atoms with Crippen molar-refractivity contribution in [3.63, 3.8) is 0 Å². The molecule has 0 aromatic heterocycles. The van der Waals surface area contributed by atoms with Gasteiger partial charge in [-0.05, 0) is 5.92 Å². The first-order chi connectivity index (χ1) is 8.11. The van der Waals surface area contributed by atoms with Crippen LogP contribution in [0.25, 0.3) is 0 Å². The van der Waals surface area contributed by atoms with Gasteiger partial charge in [0.15, 0.2) is 0 Å². The summed E-state index contributed by atoms with van der Waals surface area (Å²) in [7, 11) is -6.95. The van der Waals surface area contributed by atoms with Crippen molar-refractivity contribution in [3.05, 3.63) is 0 Å². The van der Waals surface area contributed by atoms with Crippen LogP contribution in [0, 0.1) is 5.92 Å². The summed E-state index contributed by atoms with van der Waals surface area (Å²) < 4.78 is 47.0. The molecule has 0 heterocycles.